The normalized spacial score (nSPS) is 10.2. The van der Waals surface area contributed by atoms with E-state index in [1.54, 1.807) is 6.08 Å². The van der Waals surface area contributed by atoms with E-state index in [9.17, 15) is 4.79 Å². The van der Waals surface area contributed by atoms with Crippen LogP contribution in [0.5, 0.6) is 5.75 Å². The van der Waals surface area contributed by atoms with Crippen LogP contribution in [0.2, 0.25) is 0 Å². The number of anilines is 1. The molecule has 0 atom stereocenters. The second-order valence-corrected chi connectivity index (χ2v) is 4.18. The summed E-state index contributed by atoms with van der Waals surface area (Å²) in [7, 11) is 0. The maximum atomic E-state index is 11.7. The first-order valence-corrected chi connectivity index (χ1v) is 5.99. The molecule has 1 aromatic rings. The van der Waals surface area contributed by atoms with Crippen LogP contribution in [0.1, 0.15) is 13.8 Å². The van der Waals surface area contributed by atoms with Gasteiger partial charge in [-0.1, -0.05) is 38.6 Å². The van der Waals surface area contributed by atoms with Gasteiger partial charge in [0.25, 0.3) is 0 Å². The molecule has 0 aliphatic rings. The number of benzene rings is 1. The number of carbonyl (C=O) groups excluding carboxylic acids is 1. The highest BCUT2D eigenvalue weighted by atomic mass is 16.5. The monoisotopic (exact) mass is 248 g/mol. The van der Waals surface area contributed by atoms with Crippen molar-refractivity contribution in [3.05, 3.63) is 36.9 Å². The third kappa shape index (κ3) is 5.01. The number of ether oxygens (including phenoxy) is 1. The Balaban J connectivity index is 2.59. The van der Waals surface area contributed by atoms with Gasteiger partial charge in [-0.2, -0.15) is 0 Å². The molecule has 0 unspecified atom stereocenters. The van der Waals surface area contributed by atoms with Gasteiger partial charge in [0.1, 0.15) is 12.4 Å². The fourth-order valence-corrected chi connectivity index (χ4v) is 1.34. The zero-order valence-corrected chi connectivity index (χ0v) is 10.9. The van der Waals surface area contributed by atoms with Gasteiger partial charge in [0.2, 0.25) is 5.91 Å². The van der Waals surface area contributed by atoms with Crippen molar-refractivity contribution in [2.45, 2.75) is 19.9 Å². The maximum Gasteiger partial charge on any atom is 0.238 e. The summed E-state index contributed by atoms with van der Waals surface area (Å²) < 4.78 is 5.46. The summed E-state index contributed by atoms with van der Waals surface area (Å²) >= 11 is 0. The molecule has 1 amide bonds. The van der Waals surface area contributed by atoms with Crippen LogP contribution in [0.3, 0.4) is 0 Å². The van der Waals surface area contributed by atoms with Crippen molar-refractivity contribution < 1.29 is 9.53 Å². The van der Waals surface area contributed by atoms with Crippen LogP contribution in [0.15, 0.2) is 36.9 Å². The Morgan fingerprint density at radius 3 is 2.83 bits per heavy atom. The van der Waals surface area contributed by atoms with Crippen LogP contribution in [0.25, 0.3) is 0 Å². The molecular formula is C14H20N2O2. The van der Waals surface area contributed by atoms with Gasteiger partial charge in [0.15, 0.2) is 0 Å². The van der Waals surface area contributed by atoms with Gasteiger partial charge in [0.05, 0.1) is 12.2 Å². The molecule has 0 saturated heterocycles. The molecule has 0 bridgehead atoms. The molecule has 0 spiro atoms. The first-order chi connectivity index (χ1) is 8.63. The fraction of sp³-hybridized carbons (Fsp3) is 0.357. The number of hydrogen-bond donors (Lipinski definition) is 2. The third-order valence-corrected chi connectivity index (χ3v) is 2.19. The Bertz CT molecular complexity index is 403. The van der Waals surface area contributed by atoms with Crippen LogP contribution >= 0.6 is 0 Å². The predicted molar refractivity (Wildman–Crippen MR) is 73.9 cm³/mol. The Morgan fingerprint density at radius 1 is 1.44 bits per heavy atom. The minimum absolute atomic E-state index is 0.0849. The molecule has 1 rings (SSSR count). The van der Waals surface area contributed by atoms with Crippen LogP contribution in [-0.2, 0) is 4.79 Å². The van der Waals surface area contributed by atoms with Crippen molar-refractivity contribution in [1.82, 2.24) is 5.32 Å². The van der Waals surface area contributed by atoms with Crippen molar-refractivity contribution in [3.8, 4) is 5.75 Å². The Morgan fingerprint density at radius 2 is 2.17 bits per heavy atom. The highest BCUT2D eigenvalue weighted by Crippen LogP contribution is 2.23. The summed E-state index contributed by atoms with van der Waals surface area (Å²) in [5.74, 6) is 0.564. The van der Waals surface area contributed by atoms with Crippen LogP contribution < -0.4 is 15.4 Å². The van der Waals surface area contributed by atoms with E-state index < -0.39 is 0 Å². The molecular weight excluding hydrogens is 228 g/mol. The molecule has 0 heterocycles. The van der Waals surface area contributed by atoms with Crippen molar-refractivity contribution in [2.75, 3.05) is 18.5 Å². The largest absolute Gasteiger partial charge is 0.487 e. The lowest BCUT2D eigenvalue weighted by Gasteiger charge is -2.12. The van der Waals surface area contributed by atoms with Gasteiger partial charge in [-0.15, -0.1) is 0 Å². The number of hydrogen-bond acceptors (Lipinski definition) is 3. The molecule has 0 aromatic heterocycles. The zero-order chi connectivity index (χ0) is 13.4. The van der Waals surface area contributed by atoms with Crippen molar-refractivity contribution >= 4 is 11.6 Å². The number of amides is 1. The lowest BCUT2D eigenvalue weighted by Crippen LogP contribution is -2.32. The topological polar surface area (TPSA) is 50.4 Å². The molecule has 4 nitrogen and oxygen atoms in total. The summed E-state index contributed by atoms with van der Waals surface area (Å²) in [5.41, 5.74) is 0.676. The standard InChI is InChI=1S/C14H20N2O2/c1-4-9-18-13-8-6-5-7-12(13)16-14(17)10-15-11(2)3/h4-8,11,15H,1,9-10H2,2-3H3,(H,16,17). The van der Waals surface area contributed by atoms with Gasteiger partial charge in [-0.25, -0.2) is 0 Å². The highest BCUT2D eigenvalue weighted by Gasteiger charge is 2.07. The summed E-state index contributed by atoms with van der Waals surface area (Å²) in [6, 6.07) is 7.62. The van der Waals surface area contributed by atoms with E-state index in [0.717, 1.165) is 0 Å². The molecule has 0 aliphatic carbocycles. The van der Waals surface area contributed by atoms with E-state index >= 15 is 0 Å². The molecule has 0 fully saturated rings. The quantitative estimate of drug-likeness (QED) is 0.727. The Hall–Kier alpha value is -1.81. The first kappa shape index (κ1) is 14.3. The number of carbonyl (C=O) groups is 1. The first-order valence-electron chi connectivity index (χ1n) is 5.99. The summed E-state index contributed by atoms with van der Waals surface area (Å²) in [4.78, 5) is 11.7. The van der Waals surface area contributed by atoms with E-state index in [2.05, 4.69) is 17.2 Å². The second kappa shape index (κ2) is 7.50. The van der Waals surface area contributed by atoms with Crippen LogP contribution in [-0.4, -0.2) is 25.1 Å². The van der Waals surface area contributed by atoms with E-state index in [-0.39, 0.29) is 18.5 Å². The average Bonchev–Trinajstić information content (AvgIpc) is 2.35. The molecule has 0 aliphatic heterocycles. The van der Waals surface area contributed by atoms with E-state index in [0.29, 0.717) is 18.0 Å². The smallest absolute Gasteiger partial charge is 0.238 e. The molecule has 1 aromatic carbocycles. The number of rotatable bonds is 7. The van der Waals surface area contributed by atoms with E-state index in [1.807, 2.05) is 38.1 Å². The van der Waals surface area contributed by atoms with Crippen molar-refractivity contribution in [3.63, 3.8) is 0 Å². The van der Waals surface area contributed by atoms with Gasteiger partial charge in [-0.3, -0.25) is 4.79 Å². The lowest BCUT2D eigenvalue weighted by atomic mass is 10.3. The van der Waals surface area contributed by atoms with Gasteiger partial charge >= 0.3 is 0 Å². The van der Waals surface area contributed by atoms with E-state index in [4.69, 9.17) is 4.74 Å². The minimum Gasteiger partial charge on any atom is -0.487 e. The van der Waals surface area contributed by atoms with Gasteiger partial charge < -0.3 is 15.4 Å². The molecule has 4 heteroatoms. The van der Waals surface area contributed by atoms with Gasteiger partial charge in [-0.05, 0) is 12.1 Å². The molecule has 0 radical (unpaired) electrons. The van der Waals surface area contributed by atoms with Gasteiger partial charge in [0, 0.05) is 6.04 Å². The third-order valence-electron chi connectivity index (χ3n) is 2.19. The highest BCUT2D eigenvalue weighted by molar-refractivity contribution is 5.93. The summed E-state index contributed by atoms with van der Waals surface area (Å²) in [6.45, 7) is 8.28. The van der Waals surface area contributed by atoms with Crippen molar-refractivity contribution in [2.24, 2.45) is 0 Å². The maximum absolute atomic E-state index is 11.7. The Labute approximate surface area is 108 Å². The average molecular weight is 248 g/mol. The number of para-hydroxylation sites is 2. The molecule has 18 heavy (non-hydrogen) atoms. The van der Waals surface area contributed by atoms with Crippen LogP contribution in [0.4, 0.5) is 5.69 Å². The second-order valence-electron chi connectivity index (χ2n) is 4.18. The Kier molecular flexibility index (Phi) is 5.94. The molecule has 98 valence electrons. The van der Waals surface area contributed by atoms with E-state index in [1.165, 1.54) is 0 Å². The number of nitrogens with one attached hydrogen (secondary N) is 2. The molecule has 2 N–H and O–H groups in total. The minimum atomic E-state index is -0.0849. The zero-order valence-electron chi connectivity index (χ0n) is 10.9. The van der Waals surface area contributed by atoms with Crippen molar-refractivity contribution in [1.29, 1.82) is 0 Å². The lowest BCUT2D eigenvalue weighted by molar-refractivity contribution is -0.115. The fourth-order valence-electron chi connectivity index (χ4n) is 1.34. The van der Waals surface area contributed by atoms with Crippen LogP contribution in [0, 0.1) is 0 Å². The predicted octanol–water partition coefficient (Wildman–Crippen LogP) is 2.19. The molecule has 0 saturated carbocycles. The summed E-state index contributed by atoms with van der Waals surface area (Å²) in [6.07, 6.45) is 1.67. The SMILES string of the molecule is C=CCOc1ccccc1NC(=O)CNC(C)C. The summed E-state index contributed by atoms with van der Waals surface area (Å²) in [5, 5.41) is 5.87.